The molecule has 0 spiro atoms. The van der Waals surface area contributed by atoms with Crippen LogP contribution in [-0.2, 0) is 14.8 Å². The Morgan fingerprint density at radius 2 is 2.09 bits per heavy atom. The van der Waals surface area contributed by atoms with Crippen LogP contribution in [0, 0.1) is 13.8 Å². The minimum Gasteiger partial charge on any atom is -0.360 e. The summed E-state index contributed by atoms with van der Waals surface area (Å²) in [6.45, 7) is 3.05. The van der Waals surface area contributed by atoms with Gasteiger partial charge in [-0.25, -0.2) is 13.1 Å². The zero-order valence-electron chi connectivity index (χ0n) is 12.6. The second kappa shape index (κ2) is 7.24. The monoisotopic (exact) mass is 401 g/mol. The molecule has 0 bridgehead atoms. The van der Waals surface area contributed by atoms with E-state index in [-0.39, 0.29) is 35.2 Å². The summed E-state index contributed by atoms with van der Waals surface area (Å²) in [5.74, 6) is -0.0712. The van der Waals surface area contributed by atoms with Gasteiger partial charge in [-0.05, 0) is 32.0 Å². The number of carbonyl (C=O) groups is 1. The Balaban J connectivity index is 1.90. The number of nitrogens with zero attached hydrogens (tertiary/aromatic N) is 1. The molecule has 0 saturated heterocycles. The van der Waals surface area contributed by atoms with Crippen LogP contribution in [0.2, 0.25) is 0 Å². The average Bonchev–Trinajstić information content (AvgIpc) is 2.78. The number of rotatable bonds is 6. The molecule has 0 saturated carbocycles. The molecule has 0 unspecified atom stereocenters. The number of anilines is 1. The van der Waals surface area contributed by atoms with E-state index in [1.165, 1.54) is 6.92 Å². The maximum atomic E-state index is 12.2. The van der Waals surface area contributed by atoms with Crippen molar-refractivity contribution in [3.8, 4) is 0 Å². The maximum Gasteiger partial charge on any atom is 0.245 e. The summed E-state index contributed by atoms with van der Waals surface area (Å²) in [5.41, 5.74) is 0.923. The second-order valence-electron chi connectivity index (χ2n) is 4.86. The number of hydrogen-bond donors (Lipinski definition) is 2. The van der Waals surface area contributed by atoms with Gasteiger partial charge >= 0.3 is 0 Å². The van der Waals surface area contributed by atoms with Gasteiger partial charge in [0.05, 0.1) is 0 Å². The van der Waals surface area contributed by atoms with Crippen LogP contribution < -0.4 is 10.0 Å². The maximum absolute atomic E-state index is 12.2. The highest BCUT2D eigenvalue weighted by Gasteiger charge is 2.23. The Morgan fingerprint density at radius 3 is 2.70 bits per heavy atom. The molecule has 0 aliphatic rings. The van der Waals surface area contributed by atoms with E-state index >= 15 is 0 Å². The molecule has 7 nitrogen and oxygen atoms in total. The van der Waals surface area contributed by atoms with Crippen molar-refractivity contribution >= 4 is 37.5 Å². The van der Waals surface area contributed by atoms with E-state index in [1.807, 2.05) is 6.07 Å². The first-order valence-electron chi connectivity index (χ1n) is 6.77. The standard InChI is InChI=1S/C14H16BrN3O4S/c1-9-14(10(2)22-18-9)23(20,21)16-7-6-13(19)17-12-5-3-4-11(15)8-12/h3-5,8,16H,6-7H2,1-2H3,(H,17,19). The van der Waals surface area contributed by atoms with Gasteiger partial charge in [0.1, 0.15) is 10.6 Å². The van der Waals surface area contributed by atoms with E-state index < -0.39 is 10.0 Å². The molecule has 1 aromatic heterocycles. The van der Waals surface area contributed by atoms with Gasteiger partial charge in [-0.2, -0.15) is 0 Å². The van der Waals surface area contributed by atoms with Crippen LogP contribution in [0.25, 0.3) is 0 Å². The van der Waals surface area contributed by atoms with Crippen molar-refractivity contribution in [2.75, 3.05) is 11.9 Å². The average molecular weight is 402 g/mol. The van der Waals surface area contributed by atoms with E-state index in [0.717, 1.165) is 4.47 Å². The first-order chi connectivity index (χ1) is 10.8. The smallest absolute Gasteiger partial charge is 0.245 e. The minimum absolute atomic E-state index is 0.00905. The number of amides is 1. The third-order valence-corrected chi connectivity index (χ3v) is 5.19. The Labute approximate surface area is 142 Å². The normalized spacial score (nSPS) is 11.4. The summed E-state index contributed by atoms with van der Waals surface area (Å²) in [5, 5.41) is 6.30. The van der Waals surface area contributed by atoms with Gasteiger partial charge in [0.25, 0.3) is 0 Å². The number of benzene rings is 1. The number of hydrogen-bond acceptors (Lipinski definition) is 5. The van der Waals surface area contributed by atoms with Gasteiger partial charge < -0.3 is 9.84 Å². The molecular formula is C14H16BrN3O4S. The minimum atomic E-state index is -3.75. The van der Waals surface area contributed by atoms with E-state index in [0.29, 0.717) is 5.69 Å². The molecule has 1 amide bonds. The lowest BCUT2D eigenvalue weighted by Gasteiger charge is -2.07. The number of nitrogens with one attached hydrogen (secondary N) is 2. The highest BCUT2D eigenvalue weighted by Crippen LogP contribution is 2.18. The Morgan fingerprint density at radius 1 is 1.35 bits per heavy atom. The van der Waals surface area contributed by atoms with Crippen molar-refractivity contribution in [2.24, 2.45) is 0 Å². The predicted molar refractivity (Wildman–Crippen MR) is 88.6 cm³/mol. The number of aromatic nitrogens is 1. The van der Waals surface area contributed by atoms with Crippen LogP contribution in [0.15, 0.2) is 38.2 Å². The molecule has 0 aliphatic carbocycles. The summed E-state index contributed by atoms with van der Waals surface area (Å²) in [6.07, 6.45) is 0.00905. The van der Waals surface area contributed by atoms with Gasteiger partial charge in [-0.3, -0.25) is 4.79 Å². The number of sulfonamides is 1. The Hall–Kier alpha value is -1.71. The Kier molecular flexibility index (Phi) is 5.55. The third kappa shape index (κ3) is 4.63. The van der Waals surface area contributed by atoms with E-state index in [9.17, 15) is 13.2 Å². The number of halogens is 1. The van der Waals surface area contributed by atoms with Crippen LogP contribution in [0.5, 0.6) is 0 Å². The lowest BCUT2D eigenvalue weighted by molar-refractivity contribution is -0.116. The summed E-state index contributed by atoms with van der Waals surface area (Å²) >= 11 is 3.31. The van der Waals surface area contributed by atoms with Crippen molar-refractivity contribution in [1.82, 2.24) is 9.88 Å². The van der Waals surface area contributed by atoms with Crippen LogP contribution in [0.1, 0.15) is 17.9 Å². The molecule has 1 aromatic carbocycles. The first kappa shape index (κ1) is 17.6. The highest BCUT2D eigenvalue weighted by atomic mass is 79.9. The fourth-order valence-electron chi connectivity index (χ4n) is 2.02. The van der Waals surface area contributed by atoms with E-state index in [4.69, 9.17) is 4.52 Å². The second-order valence-corrected chi connectivity index (χ2v) is 7.48. The Bertz CT molecular complexity index is 798. The number of carbonyl (C=O) groups excluding carboxylic acids is 1. The van der Waals surface area contributed by atoms with E-state index in [1.54, 1.807) is 25.1 Å². The molecular weight excluding hydrogens is 386 g/mol. The van der Waals surface area contributed by atoms with Gasteiger partial charge in [-0.1, -0.05) is 27.2 Å². The van der Waals surface area contributed by atoms with Crippen molar-refractivity contribution in [3.05, 3.63) is 40.2 Å². The summed E-state index contributed by atoms with van der Waals surface area (Å²) in [6, 6.07) is 7.13. The molecule has 23 heavy (non-hydrogen) atoms. The lowest BCUT2D eigenvalue weighted by Crippen LogP contribution is -2.28. The zero-order chi connectivity index (χ0) is 17.0. The summed E-state index contributed by atoms with van der Waals surface area (Å²) in [4.78, 5) is 11.9. The van der Waals surface area contributed by atoms with Gasteiger partial charge in [0, 0.05) is 23.1 Å². The first-order valence-corrected chi connectivity index (χ1v) is 9.05. The van der Waals surface area contributed by atoms with Crippen molar-refractivity contribution in [2.45, 2.75) is 25.2 Å². The third-order valence-electron chi connectivity index (χ3n) is 2.99. The topological polar surface area (TPSA) is 101 Å². The fraction of sp³-hybridized carbons (Fsp3) is 0.286. The molecule has 0 atom stereocenters. The van der Waals surface area contributed by atoms with Crippen LogP contribution >= 0.6 is 15.9 Å². The predicted octanol–water partition coefficient (Wildman–Crippen LogP) is 2.36. The van der Waals surface area contributed by atoms with Gasteiger partial charge in [0.2, 0.25) is 15.9 Å². The molecule has 124 valence electrons. The molecule has 0 aliphatic heterocycles. The fourth-order valence-corrected chi connectivity index (χ4v) is 3.78. The van der Waals surface area contributed by atoms with Gasteiger partial charge in [-0.15, -0.1) is 0 Å². The van der Waals surface area contributed by atoms with Crippen LogP contribution in [0.4, 0.5) is 5.69 Å². The van der Waals surface area contributed by atoms with Gasteiger partial charge in [0.15, 0.2) is 5.76 Å². The van der Waals surface area contributed by atoms with E-state index in [2.05, 4.69) is 31.1 Å². The van der Waals surface area contributed by atoms with Crippen LogP contribution in [-0.4, -0.2) is 26.0 Å². The summed E-state index contributed by atoms with van der Waals surface area (Å²) < 4.78 is 32.4. The largest absolute Gasteiger partial charge is 0.360 e. The highest BCUT2D eigenvalue weighted by molar-refractivity contribution is 9.10. The molecule has 2 N–H and O–H groups in total. The lowest BCUT2D eigenvalue weighted by atomic mass is 10.3. The molecule has 2 rings (SSSR count). The molecule has 9 heteroatoms. The SMILES string of the molecule is Cc1noc(C)c1S(=O)(=O)NCCC(=O)Nc1cccc(Br)c1. The zero-order valence-corrected chi connectivity index (χ0v) is 15.0. The molecule has 2 aromatic rings. The van der Waals surface area contributed by atoms with Crippen molar-refractivity contribution in [3.63, 3.8) is 0 Å². The van der Waals surface area contributed by atoms with Crippen LogP contribution in [0.3, 0.4) is 0 Å². The molecule has 0 fully saturated rings. The molecule has 1 heterocycles. The number of aryl methyl sites for hydroxylation is 2. The summed E-state index contributed by atoms with van der Waals surface area (Å²) in [7, 11) is -3.75. The molecule has 0 radical (unpaired) electrons. The van der Waals surface area contributed by atoms with Crippen molar-refractivity contribution in [1.29, 1.82) is 0 Å². The van der Waals surface area contributed by atoms with Crippen molar-refractivity contribution < 1.29 is 17.7 Å². The quantitative estimate of drug-likeness (QED) is 0.773.